The summed E-state index contributed by atoms with van der Waals surface area (Å²) in [7, 11) is 0. The van der Waals surface area contributed by atoms with Crippen molar-refractivity contribution in [2.45, 2.75) is 51.9 Å². The van der Waals surface area contributed by atoms with Crippen LogP contribution in [-0.2, 0) is 9.47 Å². The Balaban J connectivity index is 1.54. The van der Waals surface area contributed by atoms with Gasteiger partial charge in [-0.2, -0.15) is 0 Å². The number of rotatable bonds is 4. The van der Waals surface area contributed by atoms with Crippen LogP contribution in [0.25, 0.3) is 0 Å². The highest BCUT2D eigenvalue weighted by Crippen LogP contribution is 2.68. The molecule has 8 atom stereocenters. The number of fused-ring (bicyclic) bond motifs is 9. The summed E-state index contributed by atoms with van der Waals surface area (Å²) in [4.78, 5) is 0. The van der Waals surface area contributed by atoms with E-state index in [9.17, 15) is 0 Å². The summed E-state index contributed by atoms with van der Waals surface area (Å²) in [6, 6.07) is 0. The fourth-order valence-corrected chi connectivity index (χ4v) is 6.10. The molecule has 19 heavy (non-hydrogen) atoms. The smallest absolute Gasteiger partial charge is 0.155 e. The second kappa shape index (κ2) is 4.08. The van der Waals surface area contributed by atoms with Crippen LogP contribution in [0.15, 0.2) is 12.2 Å². The van der Waals surface area contributed by atoms with Gasteiger partial charge < -0.3 is 9.47 Å². The highest BCUT2D eigenvalue weighted by molar-refractivity contribution is 5.23. The Morgan fingerprint density at radius 3 is 2.68 bits per heavy atom. The third kappa shape index (κ3) is 1.62. The first-order valence-corrected chi connectivity index (χ1v) is 8.10. The van der Waals surface area contributed by atoms with Crippen LogP contribution in [0.2, 0.25) is 0 Å². The van der Waals surface area contributed by atoms with Crippen molar-refractivity contribution in [2.24, 2.45) is 35.5 Å². The fraction of sp³-hybridized carbons (Fsp3) is 0.882. The van der Waals surface area contributed by atoms with Gasteiger partial charge >= 0.3 is 0 Å². The Morgan fingerprint density at radius 1 is 1.21 bits per heavy atom. The Hall–Kier alpha value is -0.340. The van der Waals surface area contributed by atoms with Gasteiger partial charge in [-0.05, 0) is 75.5 Å². The van der Waals surface area contributed by atoms with E-state index in [4.69, 9.17) is 9.47 Å². The lowest BCUT2D eigenvalue weighted by atomic mass is 9.68. The minimum Gasteiger partial charge on any atom is -0.353 e. The zero-order valence-corrected chi connectivity index (χ0v) is 12.3. The van der Waals surface area contributed by atoms with Gasteiger partial charge in [0.2, 0.25) is 0 Å². The van der Waals surface area contributed by atoms with Crippen molar-refractivity contribution >= 4 is 0 Å². The molecule has 3 fully saturated rings. The van der Waals surface area contributed by atoms with Crippen LogP contribution in [0.1, 0.15) is 40.0 Å². The molecule has 0 aromatic rings. The third-order valence-electron chi connectivity index (χ3n) is 6.44. The second-order valence-corrected chi connectivity index (χ2v) is 7.36. The van der Waals surface area contributed by atoms with E-state index in [-0.39, 0.29) is 11.9 Å². The lowest BCUT2D eigenvalue weighted by Crippen LogP contribution is -2.45. The maximum atomic E-state index is 6.34. The fourth-order valence-electron chi connectivity index (χ4n) is 6.10. The van der Waals surface area contributed by atoms with Crippen LogP contribution in [0.4, 0.5) is 0 Å². The van der Waals surface area contributed by atoms with Gasteiger partial charge in [0.05, 0.1) is 5.60 Å². The van der Waals surface area contributed by atoms with Crippen LogP contribution >= 0.6 is 0 Å². The van der Waals surface area contributed by atoms with E-state index >= 15 is 0 Å². The Bertz CT molecular complexity index is 404. The molecule has 8 unspecified atom stereocenters. The summed E-state index contributed by atoms with van der Waals surface area (Å²) in [5.74, 6) is 5.33. The molecule has 4 bridgehead atoms. The average Bonchev–Trinajstić information content (AvgIpc) is 3.03. The first kappa shape index (κ1) is 12.4. The standard InChI is InChI=1S/C17H26O2/c1-4-18-10(2)19-17(3)9-13-8-14(17)16-12-6-5-11(7-12)15(13)16/h5-6,10-16H,4,7-9H2,1-3H3. The lowest BCUT2D eigenvalue weighted by molar-refractivity contribution is -0.219. The molecule has 4 aliphatic rings. The van der Waals surface area contributed by atoms with Crippen molar-refractivity contribution in [3.63, 3.8) is 0 Å². The SMILES string of the molecule is CCOC(C)OC1(C)CC2CC1C1C3C=CC(C3)C21. The first-order valence-electron chi connectivity index (χ1n) is 8.10. The largest absolute Gasteiger partial charge is 0.353 e. The van der Waals surface area contributed by atoms with E-state index in [1.807, 2.05) is 6.92 Å². The van der Waals surface area contributed by atoms with Gasteiger partial charge in [-0.15, -0.1) is 0 Å². The Morgan fingerprint density at radius 2 is 1.95 bits per heavy atom. The Kier molecular flexibility index (Phi) is 2.66. The van der Waals surface area contributed by atoms with Gasteiger partial charge in [-0.3, -0.25) is 0 Å². The van der Waals surface area contributed by atoms with E-state index in [1.165, 1.54) is 19.3 Å². The van der Waals surface area contributed by atoms with Crippen molar-refractivity contribution < 1.29 is 9.47 Å². The summed E-state index contributed by atoms with van der Waals surface area (Å²) in [5, 5.41) is 0. The highest BCUT2D eigenvalue weighted by Gasteiger charge is 2.65. The molecule has 0 radical (unpaired) electrons. The molecule has 3 saturated carbocycles. The highest BCUT2D eigenvalue weighted by atomic mass is 16.7. The predicted molar refractivity (Wildman–Crippen MR) is 74.5 cm³/mol. The molecule has 0 aromatic heterocycles. The molecule has 0 N–H and O–H groups in total. The number of allylic oxidation sites excluding steroid dienone is 2. The predicted octanol–water partition coefficient (Wildman–Crippen LogP) is 3.62. The molecule has 4 aliphatic carbocycles. The van der Waals surface area contributed by atoms with Crippen LogP contribution < -0.4 is 0 Å². The zero-order valence-electron chi connectivity index (χ0n) is 12.3. The van der Waals surface area contributed by atoms with Crippen molar-refractivity contribution in [3.05, 3.63) is 12.2 Å². The van der Waals surface area contributed by atoms with Crippen LogP contribution in [-0.4, -0.2) is 18.5 Å². The lowest BCUT2D eigenvalue weighted by Gasteiger charge is -2.44. The molecular formula is C17H26O2. The number of hydrogen-bond donors (Lipinski definition) is 0. The minimum absolute atomic E-state index is 0.0538. The molecular weight excluding hydrogens is 236 g/mol. The molecule has 2 heteroatoms. The van der Waals surface area contributed by atoms with Gasteiger partial charge in [0, 0.05) is 6.61 Å². The molecule has 106 valence electrons. The van der Waals surface area contributed by atoms with E-state index < -0.39 is 0 Å². The summed E-state index contributed by atoms with van der Waals surface area (Å²) in [6.07, 6.45) is 9.04. The summed E-state index contributed by atoms with van der Waals surface area (Å²) in [6.45, 7) is 7.18. The molecule has 0 saturated heterocycles. The van der Waals surface area contributed by atoms with Crippen molar-refractivity contribution in [2.75, 3.05) is 6.61 Å². The third-order valence-corrected chi connectivity index (χ3v) is 6.44. The van der Waals surface area contributed by atoms with Gasteiger partial charge in [0.25, 0.3) is 0 Å². The molecule has 0 amide bonds. The van der Waals surface area contributed by atoms with Gasteiger partial charge in [0.15, 0.2) is 6.29 Å². The quantitative estimate of drug-likeness (QED) is 0.437. The molecule has 0 heterocycles. The Labute approximate surface area is 116 Å². The van der Waals surface area contributed by atoms with E-state index in [1.54, 1.807) is 0 Å². The van der Waals surface area contributed by atoms with Gasteiger partial charge in [-0.1, -0.05) is 12.2 Å². The first-order chi connectivity index (χ1) is 9.12. The molecule has 0 spiro atoms. The molecule has 0 aromatic carbocycles. The maximum Gasteiger partial charge on any atom is 0.155 e. The topological polar surface area (TPSA) is 18.5 Å². The summed E-state index contributed by atoms with van der Waals surface area (Å²) < 4.78 is 12.0. The second-order valence-electron chi connectivity index (χ2n) is 7.36. The number of hydrogen-bond acceptors (Lipinski definition) is 2. The van der Waals surface area contributed by atoms with Crippen molar-refractivity contribution in [1.29, 1.82) is 0 Å². The average molecular weight is 262 g/mol. The monoisotopic (exact) mass is 262 g/mol. The normalized spacial score (nSPS) is 54.9. The molecule has 0 aliphatic heterocycles. The van der Waals surface area contributed by atoms with Crippen LogP contribution in [0.5, 0.6) is 0 Å². The molecule has 4 rings (SSSR count). The van der Waals surface area contributed by atoms with Crippen molar-refractivity contribution in [1.82, 2.24) is 0 Å². The summed E-state index contributed by atoms with van der Waals surface area (Å²) in [5.41, 5.74) is 0.0682. The van der Waals surface area contributed by atoms with E-state index in [2.05, 4.69) is 26.0 Å². The molecule has 2 nitrogen and oxygen atoms in total. The van der Waals surface area contributed by atoms with E-state index in [0.717, 1.165) is 42.1 Å². The van der Waals surface area contributed by atoms with E-state index in [0.29, 0.717) is 0 Å². The maximum absolute atomic E-state index is 6.34. The van der Waals surface area contributed by atoms with Crippen LogP contribution in [0.3, 0.4) is 0 Å². The van der Waals surface area contributed by atoms with Crippen molar-refractivity contribution in [3.8, 4) is 0 Å². The number of ether oxygens (including phenoxy) is 2. The zero-order chi connectivity index (χ0) is 13.2. The summed E-state index contributed by atoms with van der Waals surface area (Å²) >= 11 is 0. The van der Waals surface area contributed by atoms with Gasteiger partial charge in [-0.25, -0.2) is 0 Å². The van der Waals surface area contributed by atoms with Crippen LogP contribution in [0, 0.1) is 35.5 Å². The van der Waals surface area contributed by atoms with Gasteiger partial charge in [0.1, 0.15) is 0 Å². The minimum atomic E-state index is -0.0538.